The molecule has 0 amide bonds. The van der Waals surface area contributed by atoms with Crippen molar-refractivity contribution >= 4 is 73.7 Å². The van der Waals surface area contributed by atoms with Gasteiger partial charge in [-0.05, 0) is 0 Å². The molecule has 168 valence electrons. The maximum atomic E-state index is 12.8. The molecule has 0 saturated carbocycles. The van der Waals surface area contributed by atoms with Crippen LogP contribution in [-0.4, -0.2) is 80.0 Å². The van der Waals surface area contributed by atoms with E-state index in [-0.39, 0.29) is 33.5 Å². The molecule has 0 spiro atoms. The molecule has 2 N–H and O–H groups in total. The van der Waals surface area contributed by atoms with Gasteiger partial charge in [-0.25, -0.2) is 0 Å². The normalized spacial score (nSPS) is 11.9. The van der Waals surface area contributed by atoms with E-state index in [1.807, 2.05) is 0 Å². The third-order valence-electron chi connectivity index (χ3n) is 4.98. The van der Waals surface area contributed by atoms with Crippen LogP contribution >= 0.6 is 0 Å². The second-order valence-corrected chi connectivity index (χ2v) is 10.6. The number of carbonyl (C=O) groups excluding carboxylic acids is 2. The molecule has 0 aliphatic heterocycles. The predicted molar refractivity (Wildman–Crippen MR) is 117 cm³/mol. The average molecular weight is 502 g/mol. The molecule has 0 bridgehead atoms. The van der Waals surface area contributed by atoms with Crippen molar-refractivity contribution in [2.75, 3.05) is 14.2 Å². The second kappa shape index (κ2) is 9.14. The Morgan fingerprint density at radius 2 is 1.30 bits per heavy atom. The Balaban J connectivity index is 2.72. The van der Waals surface area contributed by atoms with Crippen molar-refractivity contribution in [3.63, 3.8) is 0 Å². The van der Waals surface area contributed by atoms with Gasteiger partial charge < -0.3 is 0 Å². The summed E-state index contributed by atoms with van der Waals surface area (Å²) in [6, 6.07) is 11.4. The number of methoxy groups -OCH3 is 2. The van der Waals surface area contributed by atoms with Gasteiger partial charge in [0.25, 0.3) is 0 Å². The second-order valence-electron chi connectivity index (χ2n) is 6.90. The van der Waals surface area contributed by atoms with Crippen molar-refractivity contribution in [3.05, 3.63) is 53.6 Å². The first-order valence-electron chi connectivity index (χ1n) is 9.14. The van der Waals surface area contributed by atoms with E-state index < -0.39 is 61.5 Å². The summed E-state index contributed by atoms with van der Waals surface area (Å²) in [7, 11) is -8.60. The molecular weight excluding hydrogens is 487 g/mol. The predicted octanol–water partition coefficient (Wildman–Crippen LogP) is 1.37. The summed E-state index contributed by atoms with van der Waals surface area (Å²) in [6.45, 7) is 0. The van der Waals surface area contributed by atoms with E-state index >= 15 is 0 Å². The maximum absolute atomic E-state index is 12.8. The van der Waals surface area contributed by atoms with Crippen LogP contribution in [0, 0.1) is 0 Å². The van der Waals surface area contributed by atoms with Crippen molar-refractivity contribution in [2.24, 2.45) is 0 Å². The quantitative estimate of drug-likeness (QED) is 0.296. The molecule has 0 aliphatic carbocycles. The third kappa shape index (κ3) is 4.68. The van der Waals surface area contributed by atoms with Gasteiger partial charge in [-0.15, -0.1) is 0 Å². The summed E-state index contributed by atoms with van der Waals surface area (Å²) in [6.07, 6.45) is 0. The first-order valence-corrected chi connectivity index (χ1v) is 13.0. The summed E-state index contributed by atoms with van der Waals surface area (Å²) < 4.78 is 78.5. The van der Waals surface area contributed by atoms with Crippen LogP contribution in [0.5, 0.6) is 0 Å². The zero-order valence-corrected chi connectivity index (χ0v) is 21.2. The van der Waals surface area contributed by atoms with Gasteiger partial charge in [0.1, 0.15) is 0 Å². The molecule has 10 nitrogen and oxygen atoms in total. The van der Waals surface area contributed by atoms with Crippen LogP contribution in [0.1, 0.15) is 20.7 Å². The van der Waals surface area contributed by atoms with Crippen molar-refractivity contribution in [1.29, 1.82) is 0 Å². The number of carbonyl (C=O) groups is 2. The van der Waals surface area contributed by atoms with Crippen LogP contribution in [-0.2, 0) is 29.7 Å². The number of hydrogen-bond donors (Lipinski definition) is 2. The van der Waals surface area contributed by atoms with Gasteiger partial charge in [-0.2, -0.15) is 0 Å². The molecule has 3 rings (SSSR count). The SMILES string of the molecule is COC(=O)c1[c]([Na])c(S(=O)(=O)O)c(-c2ccc3ccccc3c2)c(C(=O)OC)c1S(=O)(=O)O. The third-order valence-corrected chi connectivity index (χ3v) is 8.29. The standard InChI is InChI=1S/C20H15O10S2.Na/c1-29-19(21)14-10-15(31(23,24)25)16(17(20(22)30-2)18(14)32(26,27)28)13-8-7-11-5-3-4-6-12(11)9-13;/h3-9H,1-2H3,(H,23,24,25)(H,26,27,28);. The van der Waals surface area contributed by atoms with Gasteiger partial charge in [0.2, 0.25) is 0 Å². The van der Waals surface area contributed by atoms with E-state index in [2.05, 4.69) is 9.47 Å². The fourth-order valence-corrected chi connectivity index (χ4v) is 7.23. The van der Waals surface area contributed by atoms with Crippen LogP contribution in [0.2, 0.25) is 0 Å². The number of ether oxygens (including phenoxy) is 2. The number of rotatable bonds is 5. The molecule has 0 radical (unpaired) electrons. The number of benzene rings is 3. The molecule has 13 heteroatoms. The minimum atomic E-state index is -5.29. The van der Waals surface area contributed by atoms with Crippen molar-refractivity contribution in [3.8, 4) is 11.1 Å². The zero-order chi connectivity index (χ0) is 24.7. The van der Waals surface area contributed by atoms with Crippen molar-refractivity contribution in [2.45, 2.75) is 9.79 Å². The van der Waals surface area contributed by atoms with Crippen LogP contribution in [0.15, 0.2) is 52.3 Å². The molecule has 0 aromatic heterocycles. The van der Waals surface area contributed by atoms with Gasteiger partial charge in [0.15, 0.2) is 0 Å². The van der Waals surface area contributed by atoms with E-state index in [1.165, 1.54) is 12.1 Å². The Kier molecular flexibility index (Phi) is 7.01. The van der Waals surface area contributed by atoms with E-state index in [1.54, 1.807) is 30.3 Å². The first-order chi connectivity index (χ1) is 15.3. The van der Waals surface area contributed by atoms with Crippen LogP contribution in [0.25, 0.3) is 21.9 Å². The summed E-state index contributed by atoms with van der Waals surface area (Å²) >= 11 is -0.296. The molecule has 0 heterocycles. The number of esters is 2. The van der Waals surface area contributed by atoms with Gasteiger partial charge in [-0.3, -0.25) is 0 Å². The van der Waals surface area contributed by atoms with Gasteiger partial charge in [-0.1, -0.05) is 0 Å². The Morgan fingerprint density at radius 1 is 0.788 bits per heavy atom. The molecule has 0 unspecified atom stereocenters. The van der Waals surface area contributed by atoms with Crippen LogP contribution < -0.4 is 2.81 Å². The van der Waals surface area contributed by atoms with E-state index in [0.29, 0.717) is 5.39 Å². The van der Waals surface area contributed by atoms with Crippen LogP contribution in [0.3, 0.4) is 0 Å². The molecule has 0 atom stereocenters. The molecule has 0 saturated heterocycles. The van der Waals surface area contributed by atoms with Crippen molar-refractivity contribution in [1.82, 2.24) is 0 Å². The van der Waals surface area contributed by atoms with Gasteiger partial charge in [0.05, 0.1) is 0 Å². The van der Waals surface area contributed by atoms with Gasteiger partial charge in [0, 0.05) is 0 Å². The fraction of sp³-hybridized carbons (Fsp3) is 0.100. The summed E-state index contributed by atoms with van der Waals surface area (Å²) in [5, 5.41) is 1.36. The Labute approximate surface area is 206 Å². The van der Waals surface area contributed by atoms with Crippen LogP contribution in [0.4, 0.5) is 0 Å². The van der Waals surface area contributed by atoms with Gasteiger partial charge >= 0.3 is 207 Å². The molecule has 0 aliphatic rings. The summed E-state index contributed by atoms with van der Waals surface area (Å²) in [4.78, 5) is 23.2. The fourth-order valence-electron chi connectivity index (χ4n) is 3.67. The average Bonchev–Trinajstić information content (AvgIpc) is 2.75. The minimum absolute atomic E-state index is 0.0279. The number of hydrogen-bond acceptors (Lipinski definition) is 8. The summed E-state index contributed by atoms with van der Waals surface area (Å²) in [5.41, 5.74) is -2.30. The molecular formula is C20H15NaO10S2. The molecule has 3 aromatic carbocycles. The first kappa shape index (κ1) is 25.3. The van der Waals surface area contributed by atoms with E-state index in [9.17, 15) is 35.5 Å². The molecule has 3 aromatic rings. The Morgan fingerprint density at radius 3 is 1.82 bits per heavy atom. The summed E-state index contributed by atoms with van der Waals surface area (Å²) in [5.74, 6) is -2.68. The molecule has 33 heavy (non-hydrogen) atoms. The Hall–Kier alpha value is -2.32. The Bertz CT molecular complexity index is 1530. The van der Waals surface area contributed by atoms with Crippen molar-refractivity contribution < 1.29 is 45.0 Å². The number of fused-ring (bicyclic) bond motifs is 1. The monoisotopic (exact) mass is 502 g/mol. The topological polar surface area (TPSA) is 161 Å². The zero-order valence-electron chi connectivity index (χ0n) is 17.5. The van der Waals surface area contributed by atoms with E-state index in [0.717, 1.165) is 19.6 Å². The molecule has 0 fully saturated rings. The van der Waals surface area contributed by atoms with E-state index in [4.69, 9.17) is 0 Å².